The van der Waals surface area contributed by atoms with Gasteiger partial charge in [-0.3, -0.25) is 9.52 Å². The van der Waals surface area contributed by atoms with Gasteiger partial charge in [0.15, 0.2) is 0 Å². The second-order valence-electron chi connectivity index (χ2n) is 9.00. The molecule has 0 bridgehead atoms. The van der Waals surface area contributed by atoms with Gasteiger partial charge in [0, 0.05) is 24.0 Å². The normalized spacial score (nSPS) is 12.0. The number of halogens is 2. The number of carbonyl (C=O) groups excluding carboxylic acids is 1. The van der Waals surface area contributed by atoms with Gasteiger partial charge in [-0.1, -0.05) is 65.7 Å². The number of imidazole rings is 1. The average molecular weight is 608 g/mol. The second kappa shape index (κ2) is 12.5. The maximum Gasteiger partial charge on any atom is 0.261 e. The number of sulfonamides is 1. The number of ether oxygens (including phenoxy) is 1. The zero-order chi connectivity index (χ0) is 28.8. The van der Waals surface area contributed by atoms with E-state index in [4.69, 9.17) is 27.9 Å². The molecule has 208 valence electrons. The highest BCUT2D eigenvalue weighted by Gasteiger charge is 2.22. The first-order valence-electron chi connectivity index (χ1n) is 12.4. The van der Waals surface area contributed by atoms with E-state index in [9.17, 15) is 13.2 Å². The van der Waals surface area contributed by atoms with Crippen molar-refractivity contribution in [2.24, 2.45) is 0 Å². The Labute approximate surface area is 247 Å². The molecule has 8 nitrogen and oxygen atoms in total. The maximum atomic E-state index is 13.5. The van der Waals surface area contributed by atoms with E-state index < -0.39 is 22.0 Å². The number of rotatable bonds is 10. The van der Waals surface area contributed by atoms with Gasteiger partial charge in [-0.25, -0.2) is 13.4 Å². The fourth-order valence-electron chi connectivity index (χ4n) is 4.10. The van der Waals surface area contributed by atoms with Crippen molar-refractivity contribution in [1.82, 2.24) is 14.9 Å². The smallest absolute Gasteiger partial charge is 0.261 e. The molecule has 0 spiro atoms. The third kappa shape index (κ3) is 7.07. The number of hydrogen-bond acceptors (Lipinski definition) is 5. The van der Waals surface area contributed by atoms with E-state index in [0.29, 0.717) is 23.1 Å². The highest BCUT2D eigenvalue weighted by atomic mass is 35.5. The highest BCUT2D eigenvalue weighted by molar-refractivity contribution is 7.92. The van der Waals surface area contributed by atoms with Crippen molar-refractivity contribution in [3.8, 4) is 11.5 Å². The Morgan fingerprint density at radius 1 is 0.927 bits per heavy atom. The van der Waals surface area contributed by atoms with Gasteiger partial charge in [-0.05, 0) is 60.2 Å². The number of carbonyl (C=O) groups is 1. The van der Waals surface area contributed by atoms with Crippen molar-refractivity contribution in [1.29, 1.82) is 0 Å². The fraction of sp³-hybridized carbons (Fsp3) is 0.0667. The van der Waals surface area contributed by atoms with E-state index in [0.717, 1.165) is 5.56 Å². The molecular formula is C30H24Cl2N4O4S. The van der Waals surface area contributed by atoms with Crippen molar-refractivity contribution in [2.45, 2.75) is 17.5 Å². The molecule has 0 aliphatic carbocycles. The van der Waals surface area contributed by atoms with Gasteiger partial charge >= 0.3 is 0 Å². The van der Waals surface area contributed by atoms with Crippen LogP contribution in [0, 0.1) is 0 Å². The molecule has 1 aromatic heterocycles. The van der Waals surface area contributed by atoms with Crippen LogP contribution < -0.4 is 14.8 Å². The van der Waals surface area contributed by atoms with E-state index in [1.54, 1.807) is 43.0 Å². The summed E-state index contributed by atoms with van der Waals surface area (Å²) >= 11 is 12.4. The minimum Gasteiger partial charge on any atom is -0.456 e. The monoisotopic (exact) mass is 606 g/mol. The molecule has 1 atom stereocenters. The molecule has 1 heterocycles. The quantitative estimate of drug-likeness (QED) is 0.179. The molecule has 0 aliphatic heterocycles. The van der Waals surface area contributed by atoms with Crippen LogP contribution in [-0.4, -0.2) is 23.9 Å². The van der Waals surface area contributed by atoms with E-state index >= 15 is 0 Å². The highest BCUT2D eigenvalue weighted by Crippen LogP contribution is 2.30. The number of benzene rings is 4. The number of aromatic nitrogens is 2. The van der Waals surface area contributed by atoms with Crippen molar-refractivity contribution < 1.29 is 17.9 Å². The fourth-order valence-corrected chi connectivity index (χ4v) is 5.53. The van der Waals surface area contributed by atoms with Gasteiger partial charge in [-0.15, -0.1) is 0 Å². The first kappa shape index (κ1) is 28.2. The average Bonchev–Trinajstić information content (AvgIpc) is 3.49. The van der Waals surface area contributed by atoms with E-state index in [1.165, 1.54) is 42.5 Å². The molecular weight excluding hydrogens is 583 g/mol. The van der Waals surface area contributed by atoms with Crippen molar-refractivity contribution in [2.75, 3.05) is 4.72 Å². The lowest BCUT2D eigenvalue weighted by Crippen LogP contribution is -2.32. The molecule has 11 heteroatoms. The van der Waals surface area contributed by atoms with Gasteiger partial charge in [0.2, 0.25) is 0 Å². The molecule has 0 radical (unpaired) electrons. The lowest BCUT2D eigenvalue weighted by Gasteiger charge is -2.21. The van der Waals surface area contributed by atoms with Crippen LogP contribution in [0.4, 0.5) is 5.69 Å². The number of amides is 1. The Kier molecular flexibility index (Phi) is 8.58. The van der Waals surface area contributed by atoms with Crippen LogP contribution in [-0.2, 0) is 16.6 Å². The largest absolute Gasteiger partial charge is 0.456 e. The maximum absolute atomic E-state index is 13.5. The van der Waals surface area contributed by atoms with Gasteiger partial charge in [0.05, 0.1) is 33.5 Å². The van der Waals surface area contributed by atoms with E-state index in [-0.39, 0.29) is 21.2 Å². The second-order valence-corrected chi connectivity index (χ2v) is 11.5. The van der Waals surface area contributed by atoms with Crippen LogP contribution in [0.5, 0.6) is 11.5 Å². The summed E-state index contributed by atoms with van der Waals surface area (Å²) in [5, 5.41) is 3.72. The molecule has 0 aliphatic rings. The summed E-state index contributed by atoms with van der Waals surface area (Å²) in [5.41, 5.74) is 1.03. The Bertz CT molecular complexity index is 1750. The number of hydrogen-bond donors (Lipinski definition) is 2. The molecule has 0 saturated carbocycles. The molecule has 41 heavy (non-hydrogen) atoms. The Morgan fingerprint density at radius 2 is 1.66 bits per heavy atom. The summed E-state index contributed by atoms with van der Waals surface area (Å²) in [6.45, 7) is 0.417. The third-order valence-electron chi connectivity index (χ3n) is 6.13. The number of anilines is 1. The Morgan fingerprint density at radius 3 is 2.37 bits per heavy atom. The molecule has 1 amide bonds. The van der Waals surface area contributed by atoms with Gasteiger partial charge in [0.25, 0.3) is 15.9 Å². The van der Waals surface area contributed by atoms with E-state index in [1.807, 2.05) is 34.9 Å². The molecule has 5 rings (SSSR count). The summed E-state index contributed by atoms with van der Waals surface area (Å²) in [4.78, 5) is 17.6. The Balaban J connectivity index is 1.37. The number of para-hydroxylation sites is 1. The van der Waals surface area contributed by atoms with Crippen LogP contribution in [0.1, 0.15) is 22.0 Å². The minimum atomic E-state index is -4.07. The van der Waals surface area contributed by atoms with Crippen LogP contribution in [0.15, 0.2) is 121 Å². The van der Waals surface area contributed by atoms with Crippen molar-refractivity contribution >= 4 is 44.8 Å². The summed E-state index contributed by atoms with van der Waals surface area (Å²) in [5.74, 6) is 0.359. The molecule has 2 N–H and O–H groups in total. The van der Waals surface area contributed by atoms with Gasteiger partial charge in [0.1, 0.15) is 11.5 Å². The topological polar surface area (TPSA) is 102 Å². The van der Waals surface area contributed by atoms with Crippen LogP contribution >= 0.6 is 23.2 Å². The summed E-state index contributed by atoms with van der Waals surface area (Å²) in [6, 6.07) is 26.2. The predicted molar refractivity (Wildman–Crippen MR) is 159 cm³/mol. The van der Waals surface area contributed by atoms with Crippen molar-refractivity contribution in [3.05, 3.63) is 137 Å². The van der Waals surface area contributed by atoms with Gasteiger partial charge in [-0.2, -0.15) is 0 Å². The SMILES string of the molecule is O=C(N[C@@H](Cn1ccnc1)c1ccccc1)c1cc(Cl)ccc1NS(=O)(=O)c1ccc(Oc2ccccc2Cl)cc1. The number of nitrogens with one attached hydrogen (secondary N) is 2. The first-order valence-corrected chi connectivity index (χ1v) is 14.7. The zero-order valence-corrected chi connectivity index (χ0v) is 23.8. The predicted octanol–water partition coefficient (Wildman–Crippen LogP) is 6.95. The number of nitrogens with zero attached hydrogens (tertiary/aromatic N) is 2. The molecule has 0 saturated heterocycles. The van der Waals surface area contributed by atoms with Crippen LogP contribution in [0.3, 0.4) is 0 Å². The first-order chi connectivity index (χ1) is 19.8. The lowest BCUT2D eigenvalue weighted by molar-refractivity contribution is 0.0933. The lowest BCUT2D eigenvalue weighted by atomic mass is 10.1. The molecule has 0 unspecified atom stereocenters. The van der Waals surface area contributed by atoms with Crippen LogP contribution in [0.25, 0.3) is 0 Å². The van der Waals surface area contributed by atoms with Crippen LogP contribution in [0.2, 0.25) is 10.0 Å². The Hall–Kier alpha value is -4.31. The summed E-state index contributed by atoms with van der Waals surface area (Å²) in [6.07, 6.45) is 5.11. The summed E-state index contributed by atoms with van der Waals surface area (Å²) < 4.78 is 36.7. The summed E-state index contributed by atoms with van der Waals surface area (Å²) in [7, 11) is -4.07. The van der Waals surface area contributed by atoms with E-state index in [2.05, 4.69) is 15.0 Å². The zero-order valence-electron chi connectivity index (χ0n) is 21.4. The van der Waals surface area contributed by atoms with Crippen molar-refractivity contribution in [3.63, 3.8) is 0 Å². The minimum absolute atomic E-state index is 0.0208. The third-order valence-corrected chi connectivity index (χ3v) is 8.06. The van der Waals surface area contributed by atoms with Gasteiger partial charge < -0.3 is 14.6 Å². The molecule has 4 aromatic carbocycles. The molecule has 5 aromatic rings. The molecule has 0 fully saturated rings. The standard InChI is InChI=1S/C30H24Cl2N4O4S/c31-22-10-15-27(35-41(38,39)24-13-11-23(12-14-24)40-29-9-5-4-8-26(29)32)25(18-22)30(37)34-28(19-36-17-16-33-20-36)21-6-2-1-3-7-21/h1-18,20,28,35H,19H2,(H,34,37)/t28-/m0/s1.